The Morgan fingerprint density at radius 3 is 1.25 bits per heavy atom. The van der Waals surface area contributed by atoms with Gasteiger partial charge >= 0.3 is 5.97 Å². The van der Waals surface area contributed by atoms with Gasteiger partial charge in [-0.05, 0) is 37.2 Å². The van der Waals surface area contributed by atoms with Gasteiger partial charge in [0.15, 0.2) is 5.78 Å². The fraction of sp³-hybridized carbons (Fsp3) is 0.837. The van der Waals surface area contributed by atoms with Gasteiger partial charge < -0.3 is 5.11 Å². The Balaban J connectivity index is 2.39. The molecule has 1 rings (SSSR count). The highest BCUT2D eigenvalue weighted by Crippen LogP contribution is 2.38. The molecule has 0 bridgehead atoms. The Morgan fingerprint density at radius 2 is 0.885 bits per heavy atom. The van der Waals surface area contributed by atoms with Crippen LogP contribution in [0, 0.1) is 11.3 Å². The largest absolute Gasteiger partial charge is 0.480 e. The molecule has 0 aliphatic heterocycles. The summed E-state index contributed by atoms with van der Waals surface area (Å²) < 4.78 is 0. The van der Waals surface area contributed by atoms with Crippen molar-refractivity contribution in [1.29, 1.82) is 0 Å². The minimum Gasteiger partial charge on any atom is -0.480 e. The van der Waals surface area contributed by atoms with Crippen LogP contribution >= 0.6 is 0 Å². The number of carbonyl (C=O) groups is 2. The summed E-state index contributed by atoms with van der Waals surface area (Å²) in [5, 5.41) is 10.6. The van der Waals surface area contributed by atoms with Crippen molar-refractivity contribution in [1.82, 2.24) is 0 Å². The van der Waals surface area contributed by atoms with Crippen LogP contribution in [0.25, 0.3) is 0 Å². The van der Waals surface area contributed by atoms with Crippen molar-refractivity contribution < 1.29 is 14.7 Å². The lowest BCUT2D eigenvalue weighted by Crippen LogP contribution is -2.41. The predicted molar refractivity (Wildman–Crippen MR) is 228 cm³/mol. The first-order chi connectivity index (χ1) is 25.5. The van der Waals surface area contributed by atoms with Crippen LogP contribution in [0.15, 0.2) is 24.3 Å². The Kier molecular flexibility index (Phi) is 31.5. The third kappa shape index (κ3) is 22.5. The van der Waals surface area contributed by atoms with Crippen molar-refractivity contribution in [2.45, 2.75) is 252 Å². The van der Waals surface area contributed by atoms with Crippen LogP contribution in [0.4, 0.5) is 0 Å². The first-order valence-corrected chi connectivity index (χ1v) is 23.3. The fourth-order valence-electron chi connectivity index (χ4n) is 8.39. The summed E-state index contributed by atoms with van der Waals surface area (Å²) in [4.78, 5) is 27.1. The molecule has 1 N–H and O–H groups in total. The Hall–Kier alpha value is -1.64. The van der Waals surface area contributed by atoms with Gasteiger partial charge in [0.05, 0.1) is 0 Å². The number of rotatable bonds is 39. The summed E-state index contributed by atoms with van der Waals surface area (Å²) in [6, 6.07) is 7.88. The van der Waals surface area contributed by atoms with E-state index in [-0.39, 0.29) is 11.7 Å². The minimum absolute atomic E-state index is 0.158. The molecule has 2 unspecified atom stereocenters. The summed E-state index contributed by atoms with van der Waals surface area (Å²) in [6.07, 6.45) is 44.0. The van der Waals surface area contributed by atoms with E-state index in [1.165, 1.54) is 180 Å². The maximum absolute atomic E-state index is 14.2. The zero-order valence-electron chi connectivity index (χ0n) is 35.4. The van der Waals surface area contributed by atoms with E-state index in [4.69, 9.17) is 0 Å². The molecule has 0 aliphatic carbocycles. The molecular weight excluding hydrogens is 637 g/mol. The van der Waals surface area contributed by atoms with Gasteiger partial charge in [-0.3, -0.25) is 9.59 Å². The van der Waals surface area contributed by atoms with Crippen LogP contribution < -0.4 is 0 Å². The predicted octanol–water partition coefficient (Wildman–Crippen LogP) is 16.4. The maximum atomic E-state index is 14.2. The molecule has 0 spiro atoms. The lowest BCUT2D eigenvalue weighted by atomic mass is 9.69. The second kappa shape index (κ2) is 33.9. The zero-order valence-corrected chi connectivity index (χ0v) is 35.4. The molecule has 0 heterocycles. The SMILES string of the molecule is CCCCCCCCCCCCCCCCCCc1ccccc1C(=O)C(CC)(CC(CC)CCCCCCCCCCCCCCCC)C(=O)O. The van der Waals surface area contributed by atoms with Crippen LogP contribution in [0.3, 0.4) is 0 Å². The molecule has 52 heavy (non-hydrogen) atoms. The number of unbranched alkanes of at least 4 members (excludes halogenated alkanes) is 28. The molecule has 0 aromatic heterocycles. The monoisotopic (exact) mass is 725 g/mol. The van der Waals surface area contributed by atoms with Gasteiger partial charge in [-0.2, -0.15) is 0 Å². The summed E-state index contributed by atoms with van der Waals surface area (Å²) >= 11 is 0. The van der Waals surface area contributed by atoms with E-state index >= 15 is 0 Å². The molecule has 3 heteroatoms. The number of carbonyl (C=O) groups excluding carboxylic acids is 1. The fourth-order valence-corrected chi connectivity index (χ4v) is 8.39. The van der Waals surface area contributed by atoms with E-state index < -0.39 is 11.4 Å². The summed E-state index contributed by atoms with van der Waals surface area (Å²) in [7, 11) is 0. The molecule has 2 atom stereocenters. The van der Waals surface area contributed by atoms with Crippen LogP contribution in [0.5, 0.6) is 0 Å². The first-order valence-electron chi connectivity index (χ1n) is 23.3. The quantitative estimate of drug-likeness (QED) is 0.0418. The maximum Gasteiger partial charge on any atom is 0.317 e. The molecule has 302 valence electrons. The van der Waals surface area contributed by atoms with Crippen molar-refractivity contribution in [3.63, 3.8) is 0 Å². The normalized spacial score (nSPS) is 13.3. The van der Waals surface area contributed by atoms with Gasteiger partial charge in [-0.15, -0.1) is 0 Å². The Labute approximate surface area is 324 Å². The highest BCUT2D eigenvalue weighted by molar-refractivity contribution is 6.12. The number of ketones is 1. The molecule has 3 nitrogen and oxygen atoms in total. The van der Waals surface area contributed by atoms with Gasteiger partial charge in [0.2, 0.25) is 0 Å². The lowest BCUT2D eigenvalue weighted by Gasteiger charge is -2.31. The zero-order chi connectivity index (χ0) is 38.0. The van der Waals surface area contributed by atoms with Crippen molar-refractivity contribution in [3.8, 4) is 0 Å². The van der Waals surface area contributed by atoms with Gasteiger partial charge in [-0.25, -0.2) is 0 Å². The second-order valence-corrected chi connectivity index (χ2v) is 16.6. The molecule has 1 aromatic carbocycles. The molecule has 0 radical (unpaired) electrons. The minimum atomic E-state index is -1.33. The number of hydrogen-bond acceptors (Lipinski definition) is 2. The Bertz CT molecular complexity index is 969. The third-order valence-electron chi connectivity index (χ3n) is 12.2. The van der Waals surface area contributed by atoms with Gasteiger partial charge in [0, 0.05) is 5.56 Å². The van der Waals surface area contributed by atoms with E-state index in [0.717, 1.165) is 37.7 Å². The molecule has 0 saturated heterocycles. The van der Waals surface area contributed by atoms with Crippen molar-refractivity contribution in [3.05, 3.63) is 35.4 Å². The number of aryl methyl sites for hydroxylation is 1. The number of carboxylic acid groups (broad SMARTS) is 1. The van der Waals surface area contributed by atoms with Gasteiger partial charge in [-0.1, -0.05) is 251 Å². The van der Waals surface area contributed by atoms with Crippen LogP contribution in [-0.4, -0.2) is 16.9 Å². The van der Waals surface area contributed by atoms with Crippen LogP contribution in [-0.2, 0) is 11.2 Å². The van der Waals surface area contributed by atoms with E-state index in [9.17, 15) is 14.7 Å². The Morgan fingerprint density at radius 1 is 0.519 bits per heavy atom. The van der Waals surface area contributed by atoms with E-state index in [1.807, 2.05) is 25.1 Å². The molecule has 0 fully saturated rings. The van der Waals surface area contributed by atoms with Crippen molar-refractivity contribution >= 4 is 11.8 Å². The summed E-state index contributed by atoms with van der Waals surface area (Å²) in [5.41, 5.74) is 0.359. The number of carboxylic acids is 1. The smallest absolute Gasteiger partial charge is 0.317 e. The van der Waals surface area contributed by atoms with Gasteiger partial charge in [0.25, 0.3) is 0 Å². The second-order valence-electron chi connectivity index (χ2n) is 16.6. The van der Waals surface area contributed by atoms with Crippen LogP contribution in [0.2, 0.25) is 0 Å². The topological polar surface area (TPSA) is 54.4 Å². The van der Waals surface area contributed by atoms with Crippen molar-refractivity contribution in [2.75, 3.05) is 0 Å². The number of benzene rings is 1. The van der Waals surface area contributed by atoms with Gasteiger partial charge in [0.1, 0.15) is 5.41 Å². The molecule has 0 saturated carbocycles. The number of hydrogen-bond donors (Lipinski definition) is 1. The van der Waals surface area contributed by atoms with Crippen LogP contribution in [0.1, 0.15) is 262 Å². The summed E-state index contributed by atoms with van der Waals surface area (Å²) in [6.45, 7) is 8.65. The highest BCUT2D eigenvalue weighted by Gasteiger charge is 2.46. The average Bonchev–Trinajstić information content (AvgIpc) is 3.15. The molecule has 0 amide bonds. The van der Waals surface area contributed by atoms with E-state index in [0.29, 0.717) is 18.4 Å². The molecule has 1 aromatic rings. The lowest BCUT2D eigenvalue weighted by molar-refractivity contribution is -0.147. The molecular formula is C49H88O3. The third-order valence-corrected chi connectivity index (χ3v) is 12.2. The highest BCUT2D eigenvalue weighted by atomic mass is 16.4. The van der Waals surface area contributed by atoms with E-state index in [1.54, 1.807) is 0 Å². The summed E-state index contributed by atoms with van der Waals surface area (Å²) in [5.74, 6) is -0.824. The average molecular weight is 725 g/mol. The standard InChI is InChI=1S/C49H88O3/c1-5-9-11-13-15-17-19-21-23-24-26-28-30-32-34-36-40-45-41-37-38-42-46(45)47(50)49(8-4,48(51)52)43-44(7-3)39-35-33-31-29-27-25-22-20-18-16-14-12-10-6-2/h37-38,41-42,44H,5-36,39-40,43H2,1-4H3,(H,51,52). The van der Waals surface area contributed by atoms with E-state index in [2.05, 4.69) is 26.8 Å². The first kappa shape index (κ1) is 48.4. The molecule has 0 aliphatic rings. The van der Waals surface area contributed by atoms with Crippen molar-refractivity contribution in [2.24, 2.45) is 11.3 Å². The number of aliphatic carboxylic acids is 1. The number of Topliss-reactive ketones (excluding diaryl/α,β-unsaturated/α-hetero) is 1.